The van der Waals surface area contributed by atoms with E-state index in [0.717, 1.165) is 31.6 Å². The van der Waals surface area contributed by atoms with Crippen LogP contribution in [0.1, 0.15) is 22.9 Å². The highest BCUT2D eigenvalue weighted by Gasteiger charge is 2.27. The molecule has 1 aliphatic rings. The van der Waals surface area contributed by atoms with Crippen molar-refractivity contribution in [3.8, 4) is 0 Å². The lowest BCUT2D eigenvalue weighted by atomic mass is 10.0. The van der Waals surface area contributed by atoms with Crippen LogP contribution in [0.25, 0.3) is 0 Å². The molecule has 0 spiro atoms. The van der Waals surface area contributed by atoms with Gasteiger partial charge in [0, 0.05) is 36.0 Å². The second kappa shape index (κ2) is 7.27. The monoisotopic (exact) mass is 334 g/mol. The minimum absolute atomic E-state index is 0.0725. The van der Waals surface area contributed by atoms with Crippen LogP contribution < -0.4 is 5.32 Å². The van der Waals surface area contributed by atoms with E-state index in [4.69, 9.17) is 11.6 Å². The van der Waals surface area contributed by atoms with E-state index >= 15 is 0 Å². The molecule has 2 heterocycles. The molecule has 1 fully saturated rings. The van der Waals surface area contributed by atoms with Gasteiger partial charge in [0.15, 0.2) is 0 Å². The zero-order valence-corrected chi connectivity index (χ0v) is 13.9. The van der Waals surface area contributed by atoms with Crippen LogP contribution in [-0.2, 0) is 11.2 Å². The third-order valence-corrected chi connectivity index (χ3v) is 5.13. The largest absolute Gasteiger partial charge is 0.333 e. The van der Waals surface area contributed by atoms with Crippen LogP contribution in [0.2, 0.25) is 5.02 Å². The number of nitrogens with one attached hydrogen (secondary N) is 1. The predicted molar refractivity (Wildman–Crippen MR) is 91.4 cm³/mol. The van der Waals surface area contributed by atoms with E-state index in [2.05, 4.69) is 16.8 Å². The molecule has 0 aliphatic carbocycles. The highest BCUT2D eigenvalue weighted by atomic mass is 35.5. The summed E-state index contributed by atoms with van der Waals surface area (Å²) in [6, 6.07) is 12.0. The maximum absolute atomic E-state index is 12.6. The number of benzene rings is 1. The average molecular weight is 335 g/mol. The summed E-state index contributed by atoms with van der Waals surface area (Å²) >= 11 is 7.81. The summed E-state index contributed by atoms with van der Waals surface area (Å²) < 4.78 is 0. The molecule has 0 bridgehead atoms. The zero-order valence-electron chi connectivity index (χ0n) is 12.3. The van der Waals surface area contributed by atoms with E-state index in [1.165, 1.54) is 4.88 Å². The van der Waals surface area contributed by atoms with Gasteiger partial charge in [-0.3, -0.25) is 4.79 Å². The SMILES string of the molecule is O=C(CCc1cccs1)N1CCNCC1c1cccc(Cl)c1. The number of amides is 1. The Morgan fingerprint density at radius 2 is 2.27 bits per heavy atom. The first-order valence-electron chi connectivity index (χ1n) is 7.52. The molecular formula is C17H19ClN2OS. The van der Waals surface area contributed by atoms with E-state index in [9.17, 15) is 4.79 Å². The predicted octanol–water partition coefficient (Wildman–Crippen LogP) is 3.51. The van der Waals surface area contributed by atoms with Gasteiger partial charge >= 0.3 is 0 Å². The van der Waals surface area contributed by atoms with Crippen LogP contribution in [0, 0.1) is 0 Å². The van der Waals surface area contributed by atoms with Gasteiger partial charge < -0.3 is 10.2 Å². The van der Waals surface area contributed by atoms with Crippen molar-refractivity contribution >= 4 is 28.8 Å². The minimum atomic E-state index is 0.0725. The van der Waals surface area contributed by atoms with Crippen molar-refractivity contribution < 1.29 is 4.79 Å². The molecule has 3 rings (SSSR count). The molecule has 1 atom stereocenters. The van der Waals surface area contributed by atoms with Gasteiger partial charge in [-0.15, -0.1) is 11.3 Å². The lowest BCUT2D eigenvalue weighted by Gasteiger charge is -2.36. The molecule has 0 saturated carbocycles. The molecule has 1 saturated heterocycles. The Kier molecular flexibility index (Phi) is 5.13. The summed E-state index contributed by atoms with van der Waals surface area (Å²) in [5, 5.41) is 6.14. The lowest BCUT2D eigenvalue weighted by Crippen LogP contribution is -2.48. The summed E-state index contributed by atoms with van der Waals surface area (Å²) in [4.78, 5) is 15.9. The molecule has 1 aromatic heterocycles. The minimum Gasteiger partial charge on any atom is -0.333 e. The lowest BCUT2D eigenvalue weighted by molar-refractivity contribution is -0.134. The molecule has 1 aromatic carbocycles. The summed E-state index contributed by atoms with van der Waals surface area (Å²) in [6.07, 6.45) is 1.39. The number of hydrogen-bond acceptors (Lipinski definition) is 3. The van der Waals surface area contributed by atoms with Crippen molar-refractivity contribution in [2.24, 2.45) is 0 Å². The molecule has 1 aliphatic heterocycles. The van der Waals surface area contributed by atoms with Gasteiger partial charge in [-0.2, -0.15) is 0 Å². The highest BCUT2D eigenvalue weighted by molar-refractivity contribution is 7.09. The Labute approximate surface area is 139 Å². The molecular weight excluding hydrogens is 316 g/mol. The van der Waals surface area contributed by atoms with Crippen molar-refractivity contribution in [2.75, 3.05) is 19.6 Å². The van der Waals surface area contributed by atoms with Gasteiger partial charge in [0.25, 0.3) is 0 Å². The maximum Gasteiger partial charge on any atom is 0.223 e. The van der Waals surface area contributed by atoms with Crippen LogP contribution in [0.5, 0.6) is 0 Å². The van der Waals surface area contributed by atoms with E-state index in [0.29, 0.717) is 11.4 Å². The molecule has 22 heavy (non-hydrogen) atoms. The highest BCUT2D eigenvalue weighted by Crippen LogP contribution is 2.25. The normalized spacial score (nSPS) is 18.4. The number of rotatable bonds is 4. The van der Waals surface area contributed by atoms with E-state index < -0.39 is 0 Å². The number of hydrogen-bond donors (Lipinski definition) is 1. The van der Waals surface area contributed by atoms with Gasteiger partial charge in [0.2, 0.25) is 5.91 Å². The number of thiophene rings is 1. The summed E-state index contributed by atoms with van der Waals surface area (Å²) in [5.74, 6) is 0.222. The molecule has 3 nitrogen and oxygen atoms in total. The molecule has 0 radical (unpaired) electrons. The molecule has 1 amide bonds. The number of piperazine rings is 1. The molecule has 1 unspecified atom stereocenters. The number of carbonyl (C=O) groups is 1. The third kappa shape index (κ3) is 3.69. The number of nitrogens with zero attached hydrogens (tertiary/aromatic N) is 1. The number of carbonyl (C=O) groups excluding carboxylic acids is 1. The Morgan fingerprint density at radius 1 is 1.36 bits per heavy atom. The van der Waals surface area contributed by atoms with E-state index in [1.54, 1.807) is 11.3 Å². The van der Waals surface area contributed by atoms with Crippen LogP contribution in [0.3, 0.4) is 0 Å². The number of aryl methyl sites for hydroxylation is 1. The summed E-state index contributed by atoms with van der Waals surface area (Å²) in [7, 11) is 0. The topological polar surface area (TPSA) is 32.3 Å². The average Bonchev–Trinajstić information content (AvgIpc) is 3.06. The maximum atomic E-state index is 12.6. The molecule has 5 heteroatoms. The van der Waals surface area contributed by atoms with Crippen LogP contribution >= 0.6 is 22.9 Å². The van der Waals surface area contributed by atoms with Crippen molar-refractivity contribution in [2.45, 2.75) is 18.9 Å². The fraction of sp³-hybridized carbons (Fsp3) is 0.353. The molecule has 116 valence electrons. The van der Waals surface area contributed by atoms with E-state index in [-0.39, 0.29) is 11.9 Å². The second-order valence-corrected chi connectivity index (χ2v) is 6.91. The van der Waals surface area contributed by atoms with Crippen LogP contribution in [-0.4, -0.2) is 30.4 Å². The van der Waals surface area contributed by atoms with Gasteiger partial charge in [0.1, 0.15) is 0 Å². The molecule has 1 N–H and O–H groups in total. The Hall–Kier alpha value is -1.36. The fourth-order valence-corrected chi connectivity index (χ4v) is 3.75. The fourth-order valence-electron chi connectivity index (χ4n) is 2.84. The summed E-state index contributed by atoms with van der Waals surface area (Å²) in [6.45, 7) is 2.38. The van der Waals surface area contributed by atoms with Crippen molar-refractivity contribution in [1.29, 1.82) is 0 Å². The first-order chi connectivity index (χ1) is 10.7. The van der Waals surface area contributed by atoms with Crippen LogP contribution in [0.15, 0.2) is 41.8 Å². The van der Waals surface area contributed by atoms with Crippen molar-refractivity contribution in [3.05, 3.63) is 57.2 Å². The van der Waals surface area contributed by atoms with Gasteiger partial charge in [0.05, 0.1) is 6.04 Å². The Bertz CT molecular complexity index is 629. The first kappa shape index (κ1) is 15.5. The second-order valence-electron chi connectivity index (χ2n) is 5.44. The van der Waals surface area contributed by atoms with Crippen molar-refractivity contribution in [1.82, 2.24) is 10.2 Å². The Morgan fingerprint density at radius 3 is 3.05 bits per heavy atom. The van der Waals surface area contributed by atoms with Gasteiger partial charge in [-0.1, -0.05) is 29.8 Å². The standard InChI is InChI=1S/C17H19ClN2OS/c18-14-4-1-3-13(11-14)16-12-19-8-9-20(16)17(21)7-6-15-5-2-10-22-15/h1-5,10-11,16,19H,6-9,12H2. The smallest absolute Gasteiger partial charge is 0.223 e. The van der Waals surface area contributed by atoms with Gasteiger partial charge in [-0.05, 0) is 35.6 Å². The number of halogens is 1. The molecule has 2 aromatic rings. The third-order valence-electron chi connectivity index (χ3n) is 3.96. The zero-order chi connectivity index (χ0) is 15.4. The summed E-state index contributed by atoms with van der Waals surface area (Å²) in [5.41, 5.74) is 1.10. The van der Waals surface area contributed by atoms with Crippen molar-refractivity contribution in [3.63, 3.8) is 0 Å². The quantitative estimate of drug-likeness (QED) is 0.928. The van der Waals surface area contributed by atoms with Gasteiger partial charge in [-0.25, -0.2) is 0 Å². The van der Waals surface area contributed by atoms with E-state index in [1.807, 2.05) is 35.2 Å². The van der Waals surface area contributed by atoms with Crippen LogP contribution in [0.4, 0.5) is 0 Å². The Balaban J connectivity index is 1.70. The first-order valence-corrected chi connectivity index (χ1v) is 8.78.